The van der Waals surface area contributed by atoms with E-state index in [0.717, 1.165) is 38.2 Å². The Morgan fingerprint density at radius 3 is 3.00 bits per heavy atom. The molecule has 1 N–H and O–H groups in total. The molecule has 2 fully saturated rings. The van der Waals surface area contributed by atoms with Gasteiger partial charge in [0.05, 0.1) is 6.54 Å². The zero-order valence-corrected chi connectivity index (χ0v) is 12.4. The second-order valence-electron chi connectivity index (χ2n) is 5.93. The Balaban J connectivity index is 1.71. The lowest BCUT2D eigenvalue weighted by Crippen LogP contribution is -2.35. The third-order valence-corrected chi connectivity index (χ3v) is 4.52. The number of likely N-dealkylation sites (tertiary alicyclic amines) is 1. The van der Waals surface area contributed by atoms with Gasteiger partial charge in [0.2, 0.25) is 5.91 Å². The Hall–Kier alpha value is -1.46. The van der Waals surface area contributed by atoms with Gasteiger partial charge in [0.25, 0.3) is 0 Å². The van der Waals surface area contributed by atoms with Crippen LogP contribution in [-0.4, -0.2) is 48.4 Å². The van der Waals surface area contributed by atoms with E-state index in [0.29, 0.717) is 12.5 Å². The summed E-state index contributed by atoms with van der Waals surface area (Å²) < 4.78 is 13.4. The van der Waals surface area contributed by atoms with Crippen LogP contribution >= 0.6 is 0 Å². The maximum atomic E-state index is 13.4. The number of carbonyl (C=O) groups excluding carboxylic acids is 1. The summed E-state index contributed by atoms with van der Waals surface area (Å²) in [5, 5.41) is 3.20. The van der Waals surface area contributed by atoms with Crippen molar-refractivity contribution in [2.24, 2.45) is 5.92 Å². The van der Waals surface area contributed by atoms with Crippen molar-refractivity contribution in [1.82, 2.24) is 15.1 Å². The molecule has 1 amide bonds. The minimum absolute atomic E-state index is 0.110. The van der Waals surface area contributed by atoms with E-state index in [1.807, 2.05) is 11.0 Å². The van der Waals surface area contributed by atoms with E-state index in [4.69, 9.17) is 0 Å². The van der Waals surface area contributed by atoms with Gasteiger partial charge in [-0.3, -0.25) is 10.1 Å². The highest BCUT2D eigenvalue weighted by Crippen LogP contribution is 2.26. The van der Waals surface area contributed by atoms with Crippen molar-refractivity contribution in [3.05, 3.63) is 35.6 Å². The Kier molecular flexibility index (Phi) is 4.22. The van der Waals surface area contributed by atoms with Crippen LogP contribution in [0.4, 0.5) is 4.39 Å². The second-order valence-corrected chi connectivity index (χ2v) is 5.93. The fourth-order valence-electron chi connectivity index (χ4n) is 3.35. The molecule has 2 saturated heterocycles. The van der Waals surface area contributed by atoms with Gasteiger partial charge in [0.1, 0.15) is 12.0 Å². The van der Waals surface area contributed by atoms with E-state index >= 15 is 0 Å². The fourth-order valence-corrected chi connectivity index (χ4v) is 3.35. The smallest absolute Gasteiger partial charge is 0.238 e. The molecule has 2 atom stereocenters. The van der Waals surface area contributed by atoms with Crippen LogP contribution in [-0.2, 0) is 4.79 Å². The maximum Gasteiger partial charge on any atom is 0.238 e. The van der Waals surface area contributed by atoms with Gasteiger partial charge >= 0.3 is 0 Å². The van der Waals surface area contributed by atoms with Gasteiger partial charge in [-0.1, -0.05) is 19.1 Å². The van der Waals surface area contributed by atoms with Crippen LogP contribution < -0.4 is 5.32 Å². The number of benzene rings is 1. The highest BCUT2D eigenvalue weighted by Gasteiger charge is 2.34. The summed E-state index contributed by atoms with van der Waals surface area (Å²) in [4.78, 5) is 16.4. The summed E-state index contributed by atoms with van der Waals surface area (Å²) in [5.41, 5.74) is 0.825. The molecule has 114 valence electrons. The number of nitrogens with zero attached hydrogens (tertiary/aromatic N) is 2. The molecule has 1 aromatic rings. The first-order valence-electron chi connectivity index (χ1n) is 7.68. The van der Waals surface area contributed by atoms with Crippen LogP contribution in [0.5, 0.6) is 0 Å². The van der Waals surface area contributed by atoms with Crippen molar-refractivity contribution in [2.75, 3.05) is 32.7 Å². The lowest BCUT2D eigenvalue weighted by Gasteiger charge is -2.27. The predicted octanol–water partition coefficient (Wildman–Crippen LogP) is 1.60. The molecule has 0 bridgehead atoms. The standard InChI is InChI=1S/C16H22FN3O/c1-2-19-7-6-12(10-19)11-20-15(21)9-18-16(20)13-4-3-5-14(17)8-13/h3-5,8,12,16,18H,2,6-7,9-11H2,1H3. The van der Waals surface area contributed by atoms with Crippen molar-refractivity contribution >= 4 is 5.91 Å². The van der Waals surface area contributed by atoms with Crippen LogP contribution in [0.3, 0.4) is 0 Å². The molecule has 0 aliphatic carbocycles. The van der Waals surface area contributed by atoms with E-state index in [-0.39, 0.29) is 17.9 Å². The third-order valence-electron chi connectivity index (χ3n) is 4.52. The number of hydrogen-bond acceptors (Lipinski definition) is 3. The molecule has 4 nitrogen and oxygen atoms in total. The first-order valence-corrected chi connectivity index (χ1v) is 7.68. The van der Waals surface area contributed by atoms with Gasteiger partial charge in [-0.25, -0.2) is 4.39 Å². The van der Waals surface area contributed by atoms with Gasteiger partial charge in [0, 0.05) is 13.1 Å². The summed E-state index contributed by atoms with van der Waals surface area (Å²) in [7, 11) is 0. The van der Waals surface area contributed by atoms with E-state index in [9.17, 15) is 9.18 Å². The SMILES string of the molecule is CCN1CCC(CN2C(=O)CNC2c2cccc(F)c2)C1. The minimum Gasteiger partial charge on any atom is -0.321 e. The van der Waals surface area contributed by atoms with Crippen molar-refractivity contribution in [1.29, 1.82) is 0 Å². The van der Waals surface area contributed by atoms with Gasteiger partial charge in [-0.2, -0.15) is 0 Å². The summed E-state index contributed by atoms with van der Waals surface area (Å²) in [6, 6.07) is 6.51. The van der Waals surface area contributed by atoms with Crippen LogP contribution in [0.15, 0.2) is 24.3 Å². The molecule has 2 aliphatic heterocycles. The molecular weight excluding hydrogens is 269 g/mol. The van der Waals surface area contributed by atoms with Crippen LogP contribution in [0, 0.1) is 11.7 Å². The fraction of sp³-hybridized carbons (Fsp3) is 0.562. The molecule has 5 heteroatoms. The normalized spacial score (nSPS) is 26.8. The van der Waals surface area contributed by atoms with E-state index < -0.39 is 0 Å². The van der Waals surface area contributed by atoms with E-state index in [1.165, 1.54) is 12.1 Å². The zero-order valence-electron chi connectivity index (χ0n) is 12.4. The largest absolute Gasteiger partial charge is 0.321 e. The first-order chi connectivity index (χ1) is 10.2. The molecule has 1 aromatic carbocycles. The molecule has 0 spiro atoms. The number of amides is 1. The number of halogens is 1. The summed E-state index contributed by atoms with van der Waals surface area (Å²) in [5.74, 6) is 0.371. The molecule has 3 rings (SSSR count). The quantitative estimate of drug-likeness (QED) is 0.915. The zero-order chi connectivity index (χ0) is 14.8. The van der Waals surface area contributed by atoms with Gasteiger partial charge in [-0.05, 0) is 43.1 Å². The molecule has 2 heterocycles. The average molecular weight is 291 g/mol. The Morgan fingerprint density at radius 2 is 2.29 bits per heavy atom. The number of carbonyl (C=O) groups is 1. The summed E-state index contributed by atoms with van der Waals surface area (Å²) >= 11 is 0. The average Bonchev–Trinajstić information content (AvgIpc) is 3.07. The highest BCUT2D eigenvalue weighted by atomic mass is 19.1. The van der Waals surface area contributed by atoms with E-state index in [2.05, 4.69) is 17.1 Å². The Morgan fingerprint density at radius 1 is 1.43 bits per heavy atom. The molecule has 0 aromatic heterocycles. The number of hydrogen-bond donors (Lipinski definition) is 1. The Labute approximate surface area is 124 Å². The summed E-state index contributed by atoms with van der Waals surface area (Å²) in [6.45, 7) is 6.49. The third kappa shape index (κ3) is 3.09. The monoisotopic (exact) mass is 291 g/mol. The van der Waals surface area contributed by atoms with Crippen LogP contribution in [0.2, 0.25) is 0 Å². The van der Waals surface area contributed by atoms with Gasteiger partial charge in [0.15, 0.2) is 0 Å². The lowest BCUT2D eigenvalue weighted by atomic mass is 10.1. The van der Waals surface area contributed by atoms with Gasteiger partial charge in [-0.15, -0.1) is 0 Å². The second kappa shape index (κ2) is 6.12. The minimum atomic E-state index is -0.258. The molecule has 0 radical (unpaired) electrons. The topological polar surface area (TPSA) is 35.6 Å². The molecule has 0 saturated carbocycles. The van der Waals surface area contributed by atoms with E-state index in [1.54, 1.807) is 6.07 Å². The first kappa shape index (κ1) is 14.5. The van der Waals surface area contributed by atoms with Crippen molar-refractivity contribution in [3.8, 4) is 0 Å². The van der Waals surface area contributed by atoms with Crippen LogP contribution in [0.25, 0.3) is 0 Å². The molecular formula is C16H22FN3O. The summed E-state index contributed by atoms with van der Waals surface area (Å²) in [6.07, 6.45) is 0.942. The number of rotatable bonds is 4. The molecule has 2 unspecified atom stereocenters. The maximum absolute atomic E-state index is 13.4. The van der Waals surface area contributed by atoms with Crippen molar-refractivity contribution in [2.45, 2.75) is 19.5 Å². The predicted molar refractivity (Wildman–Crippen MR) is 79.1 cm³/mol. The molecule has 21 heavy (non-hydrogen) atoms. The number of nitrogens with one attached hydrogen (secondary N) is 1. The van der Waals surface area contributed by atoms with Crippen molar-refractivity contribution in [3.63, 3.8) is 0 Å². The van der Waals surface area contributed by atoms with Gasteiger partial charge < -0.3 is 9.80 Å². The lowest BCUT2D eigenvalue weighted by molar-refractivity contribution is -0.128. The van der Waals surface area contributed by atoms with Crippen LogP contribution in [0.1, 0.15) is 25.1 Å². The molecule has 2 aliphatic rings. The Bertz CT molecular complexity index is 522. The highest BCUT2D eigenvalue weighted by molar-refractivity contribution is 5.81. The van der Waals surface area contributed by atoms with Crippen molar-refractivity contribution < 1.29 is 9.18 Å².